The molecule has 0 saturated heterocycles. The van der Waals surface area contributed by atoms with Crippen molar-refractivity contribution in [3.05, 3.63) is 74.1 Å². The molecule has 0 aromatic heterocycles. The second-order valence-electron chi connectivity index (χ2n) is 7.94. The molecular formula is C26H32FN3O2S. The highest BCUT2D eigenvalue weighted by molar-refractivity contribution is 8.02. The Bertz CT molecular complexity index is 1040. The quantitative estimate of drug-likeness (QED) is 0.269. The number of anilines is 1. The highest BCUT2D eigenvalue weighted by Crippen LogP contribution is 2.33. The summed E-state index contributed by atoms with van der Waals surface area (Å²) in [4.78, 5) is 12.8. The van der Waals surface area contributed by atoms with Gasteiger partial charge >= 0.3 is 0 Å². The number of halogens is 1. The number of carbonyl (C=O) groups is 1. The van der Waals surface area contributed by atoms with Crippen LogP contribution in [0.1, 0.15) is 39.8 Å². The van der Waals surface area contributed by atoms with E-state index in [-0.39, 0.29) is 11.4 Å². The number of methoxy groups -OCH3 is 1. The fourth-order valence-electron chi connectivity index (χ4n) is 3.49. The topological polar surface area (TPSA) is 74.1 Å². The van der Waals surface area contributed by atoms with Gasteiger partial charge in [-0.1, -0.05) is 0 Å². The van der Waals surface area contributed by atoms with Gasteiger partial charge in [0.15, 0.2) is 0 Å². The summed E-state index contributed by atoms with van der Waals surface area (Å²) in [6.07, 6.45) is 0.648. The van der Waals surface area contributed by atoms with E-state index >= 15 is 0 Å². The Kier molecular flexibility index (Phi) is 9.95. The van der Waals surface area contributed by atoms with Crippen LogP contribution in [0.5, 0.6) is 0 Å². The number of benzene rings is 2. The molecule has 2 rings (SSSR count). The average Bonchev–Trinajstić information content (AvgIpc) is 2.80. The average molecular weight is 470 g/mol. The van der Waals surface area contributed by atoms with Gasteiger partial charge in [-0.25, -0.2) is 4.39 Å². The highest BCUT2D eigenvalue weighted by Gasteiger charge is 2.19. The molecule has 1 amide bonds. The van der Waals surface area contributed by atoms with Crippen molar-refractivity contribution in [1.82, 2.24) is 5.32 Å². The summed E-state index contributed by atoms with van der Waals surface area (Å²) < 4.78 is 18.4. The molecule has 7 heteroatoms. The standard InChI is InChI=1S/C26H32FN3O2S/c1-16-17(2)19(4)24(20(5)18(16)3)15-33-26(30-22-10-8-21(27)9-11-22)23(14-28)25(31)29-12-7-13-32-6/h8-11,30H,7,12-13,15H2,1-6H3,(H,29,31)/b26-23+. The Hall–Kier alpha value is -2.82. The largest absolute Gasteiger partial charge is 0.385 e. The predicted octanol–water partition coefficient (Wildman–Crippen LogP) is 5.60. The fraction of sp³-hybridized carbons (Fsp3) is 0.385. The maximum absolute atomic E-state index is 13.4. The van der Waals surface area contributed by atoms with Gasteiger partial charge in [0.1, 0.15) is 17.5 Å². The maximum atomic E-state index is 13.4. The smallest absolute Gasteiger partial charge is 0.264 e. The van der Waals surface area contributed by atoms with E-state index in [0.717, 1.165) is 0 Å². The summed E-state index contributed by atoms with van der Waals surface area (Å²) in [6.45, 7) is 11.5. The third kappa shape index (κ3) is 6.83. The van der Waals surface area contributed by atoms with Crippen LogP contribution in [0.2, 0.25) is 0 Å². The highest BCUT2D eigenvalue weighted by atomic mass is 32.2. The molecule has 5 nitrogen and oxygen atoms in total. The number of hydrogen-bond acceptors (Lipinski definition) is 5. The minimum absolute atomic E-state index is 0.00222. The molecule has 0 heterocycles. The summed E-state index contributed by atoms with van der Waals surface area (Å²) in [5, 5.41) is 16.2. The van der Waals surface area contributed by atoms with E-state index in [2.05, 4.69) is 51.3 Å². The first-order valence-corrected chi connectivity index (χ1v) is 11.8. The lowest BCUT2D eigenvalue weighted by Crippen LogP contribution is -2.27. The lowest BCUT2D eigenvalue weighted by Gasteiger charge is -2.20. The van der Waals surface area contributed by atoms with Crippen LogP contribution in [-0.2, 0) is 15.3 Å². The minimum atomic E-state index is -0.449. The van der Waals surface area contributed by atoms with Crippen LogP contribution >= 0.6 is 11.8 Å². The van der Waals surface area contributed by atoms with E-state index in [9.17, 15) is 14.4 Å². The van der Waals surface area contributed by atoms with Crippen molar-refractivity contribution in [1.29, 1.82) is 5.26 Å². The van der Waals surface area contributed by atoms with Crippen LogP contribution in [-0.4, -0.2) is 26.2 Å². The molecule has 0 aliphatic carbocycles. The Balaban J connectivity index is 2.39. The second-order valence-corrected chi connectivity index (χ2v) is 8.93. The molecule has 2 N–H and O–H groups in total. The molecule has 176 valence electrons. The van der Waals surface area contributed by atoms with E-state index in [0.29, 0.717) is 36.0 Å². The van der Waals surface area contributed by atoms with E-state index in [1.54, 1.807) is 19.2 Å². The normalized spacial score (nSPS) is 11.6. The van der Waals surface area contributed by atoms with Gasteiger partial charge in [0.2, 0.25) is 0 Å². The Labute approximate surface area is 200 Å². The molecule has 0 spiro atoms. The number of amides is 1. The molecule has 0 aliphatic rings. The van der Waals surface area contributed by atoms with Crippen molar-refractivity contribution in [2.45, 2.75) is 46.8 Å². The Morgan fingerprint density at radius 3 is 2.15 bits per heavy atom. The molecule has 0 aliphatic heterocycles. The monoisotopic (exact) mass is 469 g/mol. The maximum Gasteiger partial charge on any atom is 0.264 e. The van der Waals surface area contributed by atoms with E-state index in [1.807, 2.05) is 0 Å². The summed E-state index contributed by atoms with van der Waals surface area (Å²) in [7, 11) is 1.60. The zero-order valence-electron chi connectivity index (χ0n) is 20.2. The van der Waals surface area contributed by atoms with E-state index < -0.39 is 5.91 Å². The number of nitrogens with zero attached hydrogens (tertiary/aromatic N) is 1. The first-order valence-electron chi connectivity index (χ1n) is 10.8. The first kappa shape index (κ1) is 26.4. The van der Waals surface area contributed by atoms with Crippen molar-refractivity contribution in [3.8, 4) is 6.07 Å². The van der Waals surface area contributed by atoms with Gasteiger partial charge < -0.3 is 15.4 Å². The summed E-state index contributed by atoms with van der Waals surface area (Å²) in [5.74, 6) is -0.215. The number of carbonyl (C=O) groups excluding carboxylic acids is 1. The number of nitrogens with one attached hydrogen (secondary N) is 2. The molecule has 0 radical (unpaired) electrons. The predicted molar refractivity (Wildman–Crippen MR) is 134 cm³/mol. The molecule has 0 unspecified atom stereocenters. The second kappa shape index (κ2) is 12.4. The molecule has 0 bridgehead atoms. The SMILES string of the molecule is COCCCNC(=O)/C(C#N)=C(\Nc1ccc(F)cc1)SCc1c(C)c(C)c(C)c(C)c1C. The van der Waals surface area contributed by atoms with Crippen molar-refractivity contribution in [2.24, 2.45) is 0 Å². The van der Waals surface area contributed by atoms with Crippen LogP contribution < -0.4 is 10.6 Å². The van der Waals surface area contributed by atoms with Gasteiger partial charge in [-0.15, -0.1) is 11.8 Å². The summed E-state index contributed by atoms with van der Waals surface area (Å²) >= 11 is 1.40. The van der Waals surface area contributed by atoms with E-state index in [4.69, 9.17) is 4.74 Å². The summed E-state index contributed by atoms with van der Waals surface area (Å²) in [6, 6.07) is 7.89. The molecule has 2 aromatic rings. The Morgan fingerprint density at radius 1 is 1.03 bits per heavy atom. The molecule has 0 fully saturated rings. The van der Waals surface area contributed by atoms with Crippen molar-refractivity contribution >= 4 is 23.4 Å². The fourth-order valence-corrected chi connectivity index (χ4v) is 4.68. The van der Waals surface area contributed by atoms with Crippen LogP contribution in [0.3, 0.4) is 0 Å². The van der Waals surface area contributed by atoms with Gasteiger partial charge in [-0.2, -0.15) is 5.26 Å². The molecular weight excluding hydrogens is 437 g/mol. The van der Waals surface area contributed by atoms with Crippen molar-refractivity contribution < 1.29 is 13.9 Å². The number of rotatable bonds is 10. The zero-order chi connectivity index (χ0) is 24.5. The first-order chi connectivity index (χ1) is 15.7. The molecule has 0 atom stereocenters. The number of hydrogen-bond donors (Lipinski definition) is 2. The minimum Gasteiger partial charge on any atom is -0.385 e. The number of ether oxygens (including phenoxy) is 1. The van der Waals surface area contributed by atoms with Crippen LogP contribution in [0, 0.1) is 51.8 Å². The lowest BCUT2D eigenvalue weighted by molar-refractivity contribution is -0.117. The third-order valence-corrected chi connectivity index (χ3v) is 7.02. The molecule has 0 saturated carbocycles. The number of thioether (sulfide) groups is 1. The summed E-state index contributed by atoms with van der Waals surface area (Å²) in [5.41, 5.74) is 8.01. The van der Waals surface area contributed by atoms with Crippen molar-refractivity contribution in [2.75, 3.05) is 25.6 Å². The van der Waals surface area contributed by atoms with Crippen LogP contribution in [0.15, 0.2) is 34.9 Å². The van der Waals surface area contributed by atoms with Gasteiger partial charge in [0.05, 0.1) is 5.03 Å². The van der Waals surface area contributed by atoms with Crippen LogP contribution in [0.4, 0.5) is 10.1 Å². The Morgan fingerprint density at radius 2 is 1.61 bits per heavy atom. The number of nitriles is 1. The molecule has 33 heavy (non-hydrogen) atoms. The van der Waals surface area contributed by atoms with Gasteiger partial charge in [0, 0.05) is 31.7 Å². The van der Waals surface area contributed by atoms with Crippen molar-refractivity contribution in [3.63, 3.8) is 0 Å². The van der Waals surface area contributed by atoms with E-state index in [1.165, 1.54) is 57.3 Å². The molecule has 2 aromatic carbocycles. The van der Waals surface area contributed by atoms with Gasteiger partial charge in [-0.3, -0.25) is 4.79 Å². The van der Waals surface area contributed by atoms with Crippen LogP contribution in [0.25, 0.3) is 0 Å². The zero-order valence-corrected chi connectivity index (χ0v) is 21.0. The van der Waals surface area contributed by atoms with Gasteiger partial charge in [-0.05, 0) is 98.7 Å². The third-order valence-electron chi connectivity index (χ3n) is 5.99. The lowest BCUT2D eigenvalue weighted by atomic mass is 9.90. The van der Waals surface area contributed by atoms with Gasteiger partial charge in [0.25, 0.3) is 5.91 Å².